The summed E-state index contributed by atoms with van der Waals surface area (Å²) in [6.07, 6.45) is 1.85. The zero-order valence-corrected chi connectivity index (χ0v) is 8.46. The van der Waals surface area contributed by atoms with E-state index in [1.165, 1.54) is 11.1 Å². The van der Waals surface area contributed by atoms with Crippen LogP contribution in [0.4, 0.5) is 0 Å². The lowest BCUT2D eigenvalue weighted by Gasteiger charge is -2.07. The fourth-order valence-electron chi connectivity index (χ4n) is 1.39. The first-order chi connectivity index (χ1) is 6.24. The van der Waals surface area contributed by atoms with E-state index in [4.69, 9.17) is 5.11 Å². The number of hydrogen-bond acceptors (Lipinski definition) is 1. The number of aliphatic hydroxyl groups excluding tert-OH is 1. The molecule has 0 saturated heterocycles. The molecule has 0 unspecified atom stereocenters. The van der Waals surface area contributed by atoms with Gasteiger partial charge in [0.25, 0.3) is 0 Å². The van der Waals surface area contributed by atoms with E-state index in [0.29, 0.717) is 5.92 Å². The predicted octanol–water partition coefficient (Wildman–Crippen LogP) is 2.73. The van der Waals surface area contributed by atoms with Gasteiger partial charge in [-0.1, -0.05) is 38.1 Å². The number of benzene rings is 1. The van der Waals surface area contributed by atoms with Crippen LogP contribution in [0.15, 0.2) is 24.3 Å². The molecule has 1 aromatic rings. The van der Waals surface area contributed by atoms with E-state index in [9.17, 15) is 0 Å². The molecule has 1 rings (SSSR count). The van der Waals surface area contributed by atoms with E-state index >= 15 is 0 Å². The quantitative estimate of drug-likeness (QED) is 0.751. The molecule has 0 radical (unpaired) electrons. The summed E-state index contributed by atoms with van der Waals surface area (Å²) >= 11 is 0. The predicted molar refractivity (Wildman–Crippen MR) is 55.9 cm³/mol. The van der Waals surface area contributed by atoms with Gasteiger partial charge in [-0.25, -0.2) is 0 Å². The largest absolute Gasteiger partial charge is 0.396 e. The summed E-state index contributed by atoms with van der Waals surface area (Å²) in [4.78, 5) is 0. The number of rotatable bonds is 4. The highest BCUT2D eigenvalue weighted by Crippen LogP contribution is 2.16. The van der Waals surface area contributed by atoms with Crippen LogP contribution in [0.5, 0.6) is 0 Å². The molecule has 1 nitrogen and oxygen atoms in total. The van der Waals surface area contributed by atoms with Gasteiger partial charge in [0.1, 0.15) is 0 Å². The normalized spacial score (nSPS) is 10.8. The second kappa shape index (κ2) is 5.03. The van der Waals surface area contributed by atoms with Crippen molar-refractivity contribution in [3.8, 4) is 0 Å². The van der Waals surface area contributed by atoms with Gasteiger partial charge < -0.3 is 5.11 Å². The van der Waals surface area contributed by atoms with Gasteiger partial charge in [0, 0.05) is 6.61 Å². The fraction of sp³-hybridized carbons (Fsp3) is 0.500. The fourth-order valence-corrected chi connectivity index (χ4v) is 1.39. The lowest BCUT2D eigenvalue weighted by molar-refractivity contribution is 0.288. The minimum Gasteiger partial charge on any atom is -0.396 e. The minimum atomic E-state index is 0.284. The molecular formula is C12H18O. The van der Waals surface area contributed by atoms with Crippen LogP contribution in [0.1, 0.15) is 37.3 Å². The summed E-state index contributed by atoms with van der Waals surface area (Å²) in [6.45, 7) is 4.68. The summed E-state index contributed by atoms with van der Waals surface area (Å²) in [6, 6.07) is 8.62. The molecule has 0 amide bonds. The molecule has 1 N–H and O–H groups in total. The highest BCUT2D eigenvalue weighted by Gasteiger charge is 1.99. The summed E-state index contributed by atoms with van der Waals surface area (Å²) in [5.74, 6) is 0.592. The van der Waals surface area contributed by atoms with Crippen LogP contribution >= 0.6 is 0 Å². The molecule has 0 bridgehead atoms. The molecule has 0 atom stereocenters. The molecule has 1 aromatic carbocycles. The van der Waals surface area contributed by atoms with Crippen molar-refractivity contribution in [1.29, 1.82) is 0 Å². The second-order valence-electron chi connectivity index (χ2n) is 3.73. The van der Waals surface area contributed by atoms with Crippen LogP contribution in [0.3, 0.4) is 0 Å². The van der Waals surface area contributed by atoms with Crippen molar-refractivity contribution < 1.29 is 5.11 Å². The molecule has 0 fully saturated rings. The standard InChI is InChI=1S/C12H18O/c1-10(2)12-7-3-5-11(9-12)6-4-8-13/h3,5,7,9-10,13H,4,6,8H2,1-2H3. The van der Waals surface area contributed by atoms with Gasteiger partial charge in [-0.2, -0.15) is 0 Å². The average Bonchev–Trinajstić information content (AvgIpc) is 2.15. The Morgan fingerprint density at radius 1 is 1.31 bits per heavy atom. The van der Waals surface area contributed by atoms with Crippen molar-refractivity contribution in [1.82, 2.24) is 0 Å². The summed E-state index contributed by atoms with van der Waals surface area (Å²) < 4.78 is 0. The first kappa shape index (κ1) is 10.3. The molecule has 1 heteroatoms. The first-order valence-corrected chi connectivity index (χ1v) is 4.93. The maximum absolute atomic E-state index is 8.71. The van der Waals surface area contributed by atoms with Crippen molar-refractivity contribution >= 4 is 0 Å². The molecule has 0 aliphatic rings. The first-order valence-electron chi connectivity index (χ1n) is 4.93. The van der Waals surface area contributed by atoms with E-state index in [1.807, 2.05) is 0 Å². The Hall–Kier alpha value is -0.820. The summed E-state index contributed by atoms with van der Waals surface area (Å²) in [5.41, 5.74) is 2.72. The maximum atomic E-state index is 8.71. The van der Waals surface area contributed by atoms with Crippen LogP contribution in [0, 0.1) is 0 Å². The average molecular weight is 178 g/mol. The molecule has 13 heavy (non-hydrogen) atoms. The van der Waals surface area contributed by atoms with Crippen LogP contribution < -0.4 is 0 Å². The Kier molecular flexibility index (Phi) is 3.97. The Morgan fingerprint density at radius 2 is 2.08 bits per heavy atom. The lowest BCUT2D eigenvalue weighted by Crippen LogP contribution is -1.92. The monoisotopic (exact) mass is 178 g/mol. The third-order valence-corrected chi connectivity index (χ3v) is 2.24. The molecule has 0 heterocycles. The van der Waals surface area contributed by atoms with Gasteiger partial charge in [0.05, 0.1) is 0 Å². The molecule has 0 aromatic heterocycles. The van der Waals surface area contributed by atoms with Gasteiger partial charge >= 0.3 is 0 Å². The molecular weight excluding hydrogens is 160 g/mol. The second-order valence-corrected chi connectivity index (χ2v) is 3.73. The number of aliphatic hydroxyl groups is 1. The van der Waals surface area contributed by atoms with Crippen molar-refractivity contribution in [3.63, 3.8) is 0 Å². The van der Waals surface area contributed by atoms with Gasteiger partial charge in [0.15, 0.2) is 0 Å². The van der Waals surface area contributed by atoms with E-state index < -0.39 is 0 Å². The van der Waals surface area contributed by atoms with Crippen molar-refractivity contribution in [3.05, 3.63) is 35.4 Å². The van der Waals surface area contributed by atoms with Gasteiger partial charge in [-0.15, -0.1) is 0 Å². The maximum Gasteiger partial charge on any atom is 0.0434 e. The molecule has 0 aliphatic heterocycles. The smallest absolute Gasteiger partial charge is 0.0434 e. The van der Waals surface area contributed by atoms with Crippen LogP contribution in [-0.2, 0) is 6.42 Å². The lowest BCUT2D eigenvalue weighted by atomic mass is 9.99. The van der Waals surface area contributed by atoms with Crippen molar-refractivity contribution in [2.24, 2.45) is 0 Å². The van der Waals surface area contributed by atoms with Crippen molar-refractivity contribution in [2.75, 3.05) is 6.61 Å². The molecule has 0 saturated carbocycles. The zero-order chi connectivity index (χ0) is 9.68. The molecule has 0 aliphatic carbocycles. The van der Waals surface area contributed by atoms with E-state index in [0.717, 1.165) is 12.8 Å². The summed E-state index contributed by atoms with van der Waals surface area (Å²) in [7, 11) is 0. The third kappa shape index (κ3) is 3.19. The molecule has 0 spiro atoms. The highest BCUT2D eigenvalue weighted by molar-refractivity contribution is 5.25. The number of aryl methyl sites for hydroxylation is 1. The van der Waals surface area contributed by atoms with E-state index in [2.05, 4.69) is 38.1 Å². The highest BCUT2D eigenvalue weighted by atomic mass is 16.2. The Balaban J connectivity index is 2.68. The van der Waals surface area contributed by atoms with Gasteiger partial charge in [-0.3, -0.25) is 0 Å². The van der Waals surface area contributed by atoms with Crippen molar-refractivity contribution in [2.45, 2.75) is 32.6 Å². The van der Waals surface area contributed by atoms with Gasteiger partial charge in [0.2, 0.25) is 0 Å². The van der Waals surface area contributed by atoms with E-state index in [1.54, 1.807) is 0 Å². The third-order valence-electron chi connectivity index (χ3n) is 2.24. The van der Waals surface area contributed by atoms with Crippen LogP contribution in [-0.4, -0.2) is 11.7 Å². The minimum absolute atomic E-state index is 0.284. The Bertz CT molecular complexity index is 253. The Morgan fingerprint density at radius 3 is 2.69 bits per heavy atom. The van der Waals surface area contributed by atoms with E-state index in [-0.39, 0.29) is 6.61 Å². The summed E-state index contributed by atoms with van der Waals surface area (Å²) in [5, 5.41) is 8.71. The zero-order valence-electron chi connectivity index (χ0n) is 8.46. The molecule has 72 valence electrons. The van der Waals surface area contributed by atoms with Crippen LogP contribution in [0.25, 0.3) is 0 Å². The Labute approximate surface area is 80.4 Å². The number of hydrogen-bond donors (Lipinski definition) is 1. The van der Waals surface area contributed by atoms with Crippen LogP contribution in [0.2, 0.25) is 0 Å². The SMILES string of the molecule is CC(C)c1cccc(CCCO)c1. The topological polar surface area (TPSA) is 20.2 Å². The van der Waals surface area contributed by atoms with Gasteiger partial charge in [-0.05, 0) is 29.9 Å².